The number of nitrogens with one attached hydrogen (secondary N) is 1. The number of ether oxygens (including phenoxy) is 3. The summed E-state index contributed by atoms with van der Waals surface area (Å²) < 4.78 is 16.1. The van der Waals surface area contributed by atoms with Gasteiger partial charge in [0.25, 0.3) is 5.91 Å². The Bertz CT molecular complexity index is 733. The molecule has 0 spiro atoms. The zero-order valence-corrected chi connectivity index (χ0v) is 14.8. The summed E-state index contributed by atoms with van der Waals surface area (Å²) in [6.45, 7) is 3.55. The first-order valence-electron chi connectivity index (χ1n) is 7.40. The summed E-state index contributed by atoms with van der Waals surface area (Å²) in [6, 6.07) is 10.4. The standard InChI is InChI=1S/C18H20ClNO4/c1-11-9-13(19)5-7-16(11)24-12(2)18(21)20-15-10-14(22-3)6-8-17(15)23-4/h5-10,12H,1-4H3,(H,20,21)/t12-/m1/s1. The molecule has 0 aliphatic rings. The second-order valence-electron chi connectivity index (χ2n) is 5.23. The first kappa shape index (κ1) is 17.9. The Kier molecular flexibility index (Phi) is 5.93. The lowest BCUT2D eigenvalue weighted by molar-refractivity contribution is -0.122. The van der Waals surface area contributed by atoms with Crippen LogP contribution in [0.5, 0.6) is 17.2 Å². The van der Waals surface area contributed by atoms with Gasteiger partial charge in [0.15, 0.2) is 6.10 Å². The molecule has 0 aromatic heterocycles. The predicted molar refractivity (Wildman–Crippen MR) is 94.5 cm³/mol. The number of carbonyl (C=O) groups excluding carboxylic acids is 1. The van der Waals surface area contributed by atoms with Crippen LogP contribution in [0, 0.1) is 6.92 Å². The minimum atomic E-state index is -0.694. The van der Waals surface area contributed by atoms with Gasteiger partial charge in [-0.15, -0.1) is 0 Å². The van der Waals surface area contributed by atoms with E-state index >= 15 is 0 Å². The molecule has 1 N–H and O–H groups in total. The van der Waals surface area contributed by atoms with Crippen LogP contribution in [0.15, 0.2) is 36.4 Å². The number of methoxy groups -OCH3 is 2. The predicted octanol–water partition coefficient (Wildman–Crippen LogP) is 4.07. The van der Waals surface area contributed by atoms with Crippen LogP contribution >= 0.6 is 11.6 Å². The molecule has 0 saturated carbocycles. The SMILES string of the molecule is COc1ccc(OC)c(NC(=O)[C@@H](C)Oc2ccc(Cl)cc2C)c1. The van der Waals surface area contributed by atoms with Crippen molar-refractivity contribution in [1.82, 2.24) is 0 Å². The van der Waals surface area contributed by atoms with Gasteiger partial charge >= 0.3 is 0 Å². The van der Waals surface area contributed by atoms with E-state index in [1.165, 1.54) is 7.11 Å². The monoisotopic (exact) mass is 349 g/mol. The summed E-state index contributed by atoms with van der Waals surface area (Å²) in [6.07, 6.45) is -0.694. The fourth-order valence-corrected chi connectivity index (χ4v) is 2.36. The quantitative estimate of drug-likeness (QED) is 0.854. The second kappa shape index (κ2) is 7.93. The zero-order valence-electron chi connectivity index (χ0n) is 14.1. The summed E-state index contributed by atoms with van der Waals surface area (Å²) >= 11 is 5.92. The van der Waals surface area contributed by atoms with Crippen molar-refractivity contribution in [3.05, 3.63) is 47.0 Å². The van der Waals surface area contributed by atoms with Gasteiger partial charge in [0, 0.05) is 11.1 Å². The molecule has 0 unspecified atom stereocenters. The van der Waals surface area contributed by atoms with Crippen LogP contribution in [0.25, 0.3) is 0 Å². The number of benzene rings is 2. The van der Waals surface area contributed by atoms with Crippen molar-refractivity contribution in [2.45, 2.75) is 20.0 Å². The topological polar surface area (TPSA) is 56.8 Å². The third kappa shape index (κ3) is 4.32. The fourth-order valence-electron chi connectivity index (χ4n) is 2.14. The Morgan fingerprint density at radius 2 is 1.79 bits per heavy atom. The molecule has 24 heavy (non-hydrogen) atoms. The van der Waals surface area contributed by atoms with Crippen molar-refractivity contribution in [1.29, 1.82) is 0 Å². The van der Waals surface area contributed by atoms with Crippen LogP contribution in [-0.4, -0.2) is 26.2 Å². The molecule has 0 radical (unpaired) electrons. The van der Waals surface area contributed by atoms with Gasteiger partial charge in [0.1, 0.15) is 17.2 Å². The number of halogens is 1. The van der Waals surface area contributed by atoms with E-state index in [1.54, 1.807) is 50.4 Å². The summed E-state index contributed by atoms with van der Waals surface area (Å²) in [5.74, 6) is 1.47. The van der Waals surface area contributed by atoms with E-state index in [1.807, 2.05) is 6.92 Å². The molecule has 1 amide bonds. The molecule has 0 bridgehead atoms. The van der Waals surface area contributed by atoms with Crippen LogP contribution in [0.1, 0.15) is 12.5 Å². The van der Waals surface area contributed by atoms with Gasteiger partial charge in [0.2, 0.25) is 0 Å². The summed E-state index contributed by atoms with van der Waals surface area (Å²) in [7, 11) is 3.09. The highest BCUT2D eigenvalue weighted by Gasteiger charge is 2.18. The lowest BCUT2D eigenvalue weighted by Crippen LogP contribution is -2.30. The van der Waals surface area contributed by atoms with E-state index in [4.69, 9.17) is 25.8 Å². The second-order valence-corrected chi connectivity index (χ2v) is 5.66. The molecule has 128 valence electrons. The number of aryl methyl sites for hydroxylation is 1. The van der Waals surface area contributed by atoms with Crippen molar-refractivity contribution in [3.8, 4) is 17.2 Å². The van der Waals surface area contributed by atoms with Gasteiger partial charge in [-0.3, -0.25) is 4.79 Å². The lowest BCUT2D eigenvalue weighted by atomic mass is 10.2. The van der Waals surface area contributed by atoms with Crippen LogP contribution < -0.4 is 19.5 Å². The molecule has 0 saturated heterocycles. The van der Waals surface area contributed by atoms with Crippen LogP contribution in [0.3, 0.4) is 0 Å². The Labute approximate surface area is 146 Å². The normalized spacial score (nSPS) is 11.5. The maximum atomic E-state index is 12.4. The number of anilines is 1. The number of carbonyl (C=O) groups is 1. The molecule has 6 heteroatoms. The average molecular weight is 350 g/mol. The Balaban J connectivity index is 2.11. The van der Waals surface area contributed by atoms with Crippen molar-refractivity contribution in [3.63, 3.8) is 0 Å². The van der Waals surface area contributed by atoms with E-state index in [2.05, 4.69) is 5.32 Å². The average Bonchev–Trinajstić information content (AvgIpc) is 2.57. The van der Waals surface area contributed by atoms with E-state index < -0.39 is 6.10 Å². The highest BCUT2D eigenvalue weighted by atomic mass is 35.5. The molecular weight excluding hydrogens is 330 g/mol. The van der Waals surface area contributed by atoms with Gasteiger partial charge in [-0.2, -0.15) is 0 Å². The van der Waals surface area contributed by atoms with Crippen LogP contribution in [-0.2, 0) is 4.79 Å². The summed E-state index contributed by atoms with van der Waals surface area (Å²) in [5.41, 5.74) is 1.38. The molecule has 0 heterocycles. The molecule has 2 aromatic carbocycles. The third-order valence-electron chi connectivity index (χ3n) is 3.47. The largest absolute Gasteiger partial charge is 0.497 e. The summed E-state index contributed by atoms with van der Waals surface area (Å²) in [5, 5.41) is 3.42. The fraction of sp³-hybridized carbons (Fsp3) is 0.278. The van der Waals surface area contributed by atoms with Gasteiger partial charge in [-0.1, -0.05) is 11.6 Å². The number of hydrogen-bond acceptors (Lipinski definition) is 4. The minimum Gasteiger partial charge on any atom is -0.497 e. The maximum absolute atomic E-state index is 12.4. The first-order valence-corrected chi connectivity index (χ1v) is 7.78. The Morgan fingerprint density at radius 3 is 2.42 bits per heavy atom. The Morgan fingerprint density at radius 1 is 1.08 bits per heavy atom. The highest BCUT2D eigenvalue weighted by Crippen LogP contribution is 2.29. The first-order chi connectivity index (χ1) is 11.4. The molecular formula is C18H20ClNO4. The molecule has 2 aromatic rings. The summed E-state index contributed by atoms with van der Waals surface area (Å²) in [4.78, 5) is 12.4. The van der Waals surface area contributed by atoms with E-state index in [9.17, 15) is 4.79 Å². The Hall–Kier alpha value is -2.40. The minimum absolute atomic E-state index is 0.295. The maximum Gasteiger partial charge on any atom is 0.265 e. The van der Waals surface area contributed by atoms with Gasteiger partial charge in [-0.05, 0) is 49.7 Å². The molecule has 0 aliphatic heterocycles. The van der Waals surface area contributed by atoms with Gasteiger partial charge in [0.05, 0.1) is 19.9 Å². The molecule has 2 rings (SSSR count). The molecule has 0 fully saturated rings. The van der Waals surface area contributed by atoms with E-state index in [0.717, 1.165) is 5.56 Å². The van der Waals surface area contributed by atoms with Crippen molar-refractivity contribution in [2.24, 2.45) is 0 Å². The number of hydrogen-bond donors (Lipinski definition) is 1. The van der Waals surface area contributed by atoms with Gasteiger partial charge in [-0.25, -0.2) is 0 Å². The third-order valence-corrected chi connectivity index (χ3v) is 3.71. The van der Waals surface area contributed by atoms with Crippen molar-refractivity contribution < 1.29 is 19.0 Å². The smallest absolute Gasteiger partial charge is 0.265 e. The lowest BCUT2D eigenvalue weighted by Gasteiger charge is -2.17. The van der Waals surface area contributed by atoms with E-state index in [0.29, 0.717) is 28.0 Å². The molecule has 1 atom stereocenters. The van der Waals surface area contributed by atoms with Crippen molar-refractivity contribution in [2.75, 3.05) is 19.5 Å². The number of amides is 1. The highest BCUT2D eigenvalue weighted by molar-refractivity contribution is 6.30. The molecule has 5 nitrogen and oxygen atoms in total. The van der Waals surface area contributed by atoms with Gasteiger partial charge < -0.3 is 19.5 Å². The van der Waals surface area contributed by atoms with Crippen LogP contribution in [0.2, 0.25) is 5.02 Å². The van der Waals surface area contributed by atoms with E-state index in [-0.39, 0.29) is 5.91 Å². The van der Waals surface area contributed by atoms with Crippen molar-refractivity contribution >= 4 is 23.2 Å². The molecule has 0 aliphatic carbocycles. The zero-order chi connectivity index (χ0) is 17.7. The number of rotatable bonds is 6. The van der Waals surface area contributed by atoms with Crippen LogP contribution in [0.4, 0.5) is 5.69 Å².